The van der Waals surface area contributed by atoms with Crippen LogP contribution in [-0.4, -0.2) is 24.0 Å². The number of halogens is 2. The fourth-order valence-corrected chi connectivity index (χ4v) is 3.21. The minimum Gasteiger partial charge on any atom is -0.370 e. The van der Waals surface area contributed by atoms with Crippen molar-refractivity contribution < 1.29 is 4.79 Å². The van der Waals surface area contributed by atoms with Gasteiger partial charge in [-0.3, -0.25) is 4.79 Å². The van der Waals surface area contributed by atoms with Crippen molar-refractivity contribution in [3.63, 3.8) is 0 Å². The highest BCUT2D eigenvalue weighted by Crippen LogP contribution is 2.23. The standard InChI is InChI=1S/C17H17Cl2N3O/c18-12-8-13(19)10-14(9-12)21-17(23)16-5-4-15(11-20-16)22-6-2-1-3-7-22/h4-5,8-11H,1-3,6-7H2,(H,21,23). The van der Waals surface area contributed by atoms with E-state index in [0.29, 0.717) is 21.4 Å². The van der Waals surface area contributed by atoms with E-state index in [1.807, 2.05) is 6.07 Å². The molecule has 1 aliphatic rings. The van der Waals surface area contributed by atoms with Crippen LogP contribution in [-0.2, 0) is 0 Å². The Hall–Kier alpha value is -1.78. The SMILES string of the molecule is O=C(Nc1cc(Cl)cc(Cl)c1)c1ccc(N2CCCCC2)cn1. The van der Waals surface area contributed by atoms with Gasteiger partial charge in [-0.15, -0.1) is 0 Å². The number of hydrogen-bond donors (Lipinski definition) is 1. The number of carbonyl (C=O) groups excluding carboxylic acids is 1. The number of benzene rings is 1. The van der Waals surface area contributed by atoms with Gasteiger partial charge in [0.05, 0.1) is 11.9 Å². The van der Waals surface area contributed by atoms with E-state index in [1.54, 1.807) is 30.5 Å². The number of pyridine rings is 1. The lowest BCUT2D eigenvalue weighted by atomic mass is 10.1. The Kier molecular flexibility index (Phi) is 5.03. The Morgan fingerprint density at radius 1 is 1.04 bits per heavy atom. The highest BCUT2D eigenvalue weighted by Gasteiger charge is 2.13. The van der Waals surface area contributed by atoms with Crippen LogP contribution in [0, 0.1) is 0 Å². The number of piperidine rings is 1. The molecule has 0 unspecified atom stereocenters. The summed E-state index contributed by atoms with van der Waals surface area (Å²) < 4.78 is 0. The van der Waals surface area contributed by atoms with Crippen molar-refractivity contribution in [2.75, 3.05) is 23.3 Å². The maximum Gasteiger partial charge on any atom is 0.274 e. The third-order valence-corrected chi connectivity index (χ3v) is 4.26. The van der Waals surface area contributed by atoms with Crippen LogP contribution in [0.25, 0.3) is 0 Å². The van der Waals surface area contributed by atoms with Crippen LogP contribution >= 0.6 is 23.2 Å². The molecule has 23 heavy (non-hydrogen) atoms. The molecule has 1 saturated heterocycles. The molecule has 1 aliphatic heterocycles. The third-order valence-electron chi connectivity index (χ3n) is 3.82. The van der Waals surface area contributed by atoms with Crippen LogP contribution in [0.5, 0.6) is 0 Å². The Morgan fingerprint density at radius 3 is 2.35 bits per heavy atom. The van der Waals surface area contributed by atoms with Gasteiger partial charge in [-0.25, -0.2) is 4.98 Å². The van der Waals surface area contributed by atoms with E-state index in [-0.39, 0.29) is 5.91 Å². The zero-order valence-electron chi connectivity index (χ0n) is 12.6. The second-order valence-corrected chi connectivity index (χ2v) is 6.43. The molecule has 1 amide bonds. The number of hydrogen-bond acceptors (Lipinski definition) is 3. The fraction of sp³-hybridized carbons (Fsp3) is 0.294. The van der Waals surface area contributed by atoms with Gasteiger partial charge < -0.3 is 10.2 Å². The molecule has 1 fully saturated rings. The monoisotopic (exact) mass is 349 g/mol. The first-order valence-electron chi connectivity index (χ1n) is 7.60. The largest absolute Gasteiger partial charge is 0.370 e. The first-order valence-corrected chi connectivity index (χ1v) is 8.36. The summed E-state index contributed by atoms with van der Waals surface area (Å²) in [4.78, 5) is 18.8. The zero-order chi connectivity index (χ0) is 16.2. The second kappa shape index (κ2) is 7.20. The van der Waals surface area contributed by atoms with Crippen molar-refractivity contribution >= 4 is 40.5 Å². The highest BCUT2D eigenvalue weighted by molar-refractivity contribution is 6.35. The molecular formula is C17H17Cl2N3O. The van der Waals surface area contributed by atoms with Crippen molar-refractivity contribution in [2.45, 2.75) is 19.3 Å². The normalized spacial score (nSPS) is 14.6. The van der Waals surface area contributed by atoms with Crippen LogP contribution in [0.4, 0.5) is 11.4 Å². The minimum atomic E-state index is -0.284. The summed E-state index contributed by atoms with van der Waals surface area (Å²) in [6, 6.07) is 8.59. The molecule has 0 saturated carbocycles. The Labute approximate surface area is 145 Å². The quantitative estimate of drug-likeness (QED) is 0.878. The summed E-state index contributed by atoms with van der Waals surface area (Å²) in [6.07, 6.45) is 5.45. The molecule has 0 atom stereocenters. The fourth-order valence-electron chi connectivity index (χ4n) is 2.68. The number of amides is 1. The van der Waals surface area contributed by atoms with Gasteiger partial charge in [-0.1, -0.05) is 23.2 Å². The van der Waals surface area contributed by atoms with E-state index >= 15 is 0 Å². The van der Waals surface area contributed by atoms with E-state index in [2.05, 4.69) is 15.2 Å². The smallest absolute Gasteiger partial charge is 0.274 e. The van der Waals surface area contributed by atoms with Crippen molar-refractivity contribution in [1.82, 2.24) is 4.98 Å². The van der Waals surface area contributed by atoms with E-state index < -0.39 is 0 Å². The second-order valence-electron chi connectivity index (χ2n) is 5.56. The summed E-state index contributed by atoms with van der Waals surface area (Å²) in [5.41, 5.74) is 1.98. The number of carbonyl (C=O) groups is 1. The molecule has 0 aliphatic carbocycles. The molecule has 0 radical (unpaired) electrons. The van der Waals surface area contributed by atoms with Crippen molar-refractivity contribution in [3.05, 3.63) is 52.3 Å². The van der Waals surface area contributed by atoms with Crippen LogP contribution in [0.2, 0.25) is 10.0 Å². The predicted octanol–water partition coefficient (Wildman–Crippen LogP) is 4.63. The van der Waals surface area contributed by atoms with E-state index in [9.17, 15) is 4.79 Å². The van der Waals surface area contributed by atoms with Gasteiger partial charge in [0.15, 0.2) is 0 Å². The van der Waals surface area contributed by atoms with Gasteiger partial charge in [0.1, 0.15) is 5.69 Å². The van der Waals surface area contributed by atoms with Crippen LogP contribution in [0.3, 0.4) is 0 Å². The minimum absolute atomic E-state index is 0.284. The molecule has 2 aromatic rings. The number of rotatable bonds is 3. The lowest BCUT2D eigenvalue weighted by Crippen LogP contribution is -2.29. The molecule has 120 valence electrons. The lowest BCUT2D eigenvalue weighted by Gasteiger charge is -2.28. The predicted molar refractivity (Wildman–Crippen MR) is 94.7 cm³/mol. The Morgan fingerprint density at radius 2 is 1.74 bits per heavy atom. The number of nitrogens with one attached hydrogen (secondary N) is 1. The summed E-state index contributed by atoms with van der Waals surface area (Å²) in [7, 11) is 0. The highest BCUT2D eigenvalue weighted by atomic mass is 35.5. The molecule has 1 aromatic heterocycles. The first kappa shape index (κ1) is 16.1. The molecule has 4 nitrogen and oxygen atoms in total. The van der Waals surface area contributed by atoms with Gasteiger partial charge in [0.25, 0.3) is 5.91 Å². The van der Waals surface area contributed by atoms with Gasteiger partial charge in [0.2, 0.25) is 0 Å². The molecule has 0 bridgehead atoms. The Balaban J connectivity index is 1.69. The van der Waals surface area contributed by atoms with Gasteiger partial charge in [-0.2, -0.15) is 0 Å². The number of nitrogens with zero attached hydrogens (tertiary/aromatic N) is 2. The van der Waals surface area contributed by atoms with Gasteiger partial charge >= 0.3 is 0 Å². The van der Waals surface area contributed by atoms with Crippen molar-refractivity contribution in [3.8, 4) is 0 Å². The maximum atomic E-state index is 12.3. The average Bonchev–Trinajstić information content (AvgIpc) is 2.55. The summed E-state index contributed by atoms with van der Waals surface area (Å²) in [5, 5.41) is 3.70. The molecule has 3 rings (SSSR count). The molecule has 2 heterocycles. The molecule has 1 aromatic carbocycles. The summed E-state index contributed by atoms with van der Waals surface area (Å²) in [6.45, 7) is 2.10. The Bertz CT molecular complexity index is 677. The molecule has 6 heteroatoms. The lowest BCUT2D eigenvalue weighted by molar-refractivity contribution is 0.102. The van der Waals surface area contributed by atoms with Crippen LogP contribution in [0.1, 0.15) is 29.8 Å². The zero-order valence-corrected chi connectivity index (χ0v) is 14.1. The molecular weight excluding hydrogens is 333 g/mol. The van der Waals surface area contributed by atoms with Gasteiger partial charge in [-0.05, 0) is 49.6 Å². The van der Waals surface area contributed by atoms with Crippen molar-refractivity contribution in [2.24, 2.45) is 0 Å². The van der Waals surface area contributed by atoms with E-state index in [4.69, 9.17) is 23.2 Å². The van der Waals surface area contributed by atoms with Crippen LogP contribution < -0.4 is 10.2 Å². The average molecular weight is 350 g/mol. The number of aromatic nitrogens is 1. The van der Waals surface area contributed by atoms with Gasteiger partial charge in [0, 0.05) is 28.8 Å². The molecule has 1 N–H and O–H groups in total. The first-order chi connectivity index (χ1) is 11.1. The summed E-state index contributed by atoms with van der Waals surface area (Å²) >= 11 is 11.9. The van der Waals surface area contributed by atoms with Crippen molar-refractivity contribution in [1.29, 1.82) is 0 Å². The summed E-state index contributed by atoms with van der Waals surface area (Å²) in [5.74, 6) is -0.284. The topological polar surface area (TPSA) is 45.2 Å². The third kappa shape index (κ3) is 4.15. The number of anilines is 2. The molecule has 0 spiro atoms. The van der Waals surface area contributed by atoms with E-state index in [1.165, 1.54) is 19.3 Å². The van der Waals surface area contributed by atoms with Crippen LogP contribution in [0.15, 0.2) is 36.5 Å². The van der Waals surface area contributed by atoms with E-state index in [0.717, 1.165) is 18.8 Å². The maximum absolute atomic E-state index is 12.3.